The fourth-order valence-electron chi connectivity index (χ4n) is 1.52. The Morgan fingerprint density at radius 2 is 2.06 bits per heavy atom. The van der Waals surface area contributed by atoms with Gasteiger partial charge in [-0.1, -0.05) is 12.1 Å². The molecular formula is C13H14N2OS. The largest absolute Gasteiger partial charge is 0.365 e. The maximum atomic E-state index is 12.2. The first kappa shape index (κ1) is 11.8. The molecule has 1 heterocycles. The molecule has 0 aliphatic carbocycles. The Kier molecular flexibility index (Phi) is 3.24. The fraction of sp³-hybridized carbons (Fsp3) is 0.231. The van der Waals surface area contributed by atoms with Crippen molar-refractivity contribution in [2.45, 2.75) is 13.8 Å². The zero-order valence-electron chi connectivity index (χ0n) is 10.1. The van der Waals surface area contributed by atoms with Gasteiger partial charge in [0, 0.05) is 18.0 Å². The molecule has 0 saturated carbocycles. The monoisotopic (exact) mass is 246 g/mol. The Morgan fingerprint density at radius 3 is 2.65 bits per heavy atom. The van der Waals surface area contributed by atoms with Crippen molar-refractivity contribution in [1.82, 2.24) is 4.98 Å². The van der Waals surface area contributed by atoms with Crippen LogP contribution >= 0.6 is 11.3 Å². The molecule has 0 radical (unpaired) electrons. The van der Waals surface area contributed by atoms with Crippen LogP contribution in [-0.4, -0.2) is 17.8 Å². The molecule has 0 bridgehead atoms. The number of aryl methyl sites for hydroxylation is 2. The molecule has 0 saturated heterocycles. The fourth-order valence-corrected chi connectivity index (χ4v) is 2.18. The molecule has 3 nitrogen and oxygen atoms in total. The van der Waals surface area contributed by atoms with Crippen molar-refractivity contribution in [2.75, 3.05) is 12.4 Å². The lowest BCUT2D eigenvalue weighted by Crippen LogP contribution is -2.03. The van der Waals surface area contributed by atoms with Crippen molar-refractivity contribution in [2.24, 2.45) is 0 Å². The normalized spacial score (nSPS) is 10.3. The third-order valence-electron chi connectivity index (χ3n) is 2.72. The van der Waals surface area contributed by atoms with Crippen LogP contribution < -0.4 is 5.32 Å². The summed E-state index contributed by atoms with van der Waals surface area (Å²) in [4.78, 5) is 16.4. The number of thiazole rings is 1. The van der Waals surface area contributed by atoms with Crippen LogP contribution in [-0.2, 0) is 0 Å². The van der Waals surface area contributed by atoms with Gasteiger partial charge in [-0.25, -0.2) is 4.98 Å². The number of hydrogen-bond acceptors (Lipinski definition) is 4. The lowest BCUT2D eigenvalue weighted by molar-refractivity contribution is 0.103. The van der Waals surface area contributed by atoms with Crippen LogP contribution in [0.4, 0.5) is 5.13 Å². The second kappa shape index (κ2) is 4.67. The molecule has 17 heavy (non-hydrogen) atoms. The summed E-state index contributed by atoms with van der Waals surface area (Å²) in [7, 11) is 1.79. The van der Waals surface area contributed by atoms with E-state index in [9.17, 15) is 4.79 Å². The van der Waals surface area contributed by atoms with Crippen molar-refractivity contribution in [3.05, 3.63) is 46.0 Å². The van der Waals surface area contributed by atoms with Gasteiger partial charge in [0.15, 0.2) is 5.13 Å². The summed E-state index contributed by atoms with van der Waals surface area (Å²) in [6.45, 7) is 4.04. The van der Waals surface area contributed by atoms with E-state index in [1.54, 1.807) is 12.4 Å². The van der Waals surface area contributed by atoms with Crippen LogP contribution in [0, 0.1) is 13.8 Å². The van der Waals surface area contributed by atoms with Crippen LogP contribution in [0.1, 0.15) is 27.2 Å². The average molecular weight is 246 g/mol. The molecule has 0 unspecified atom stereocenters. The van der Waals surface area contributed by atoms with Crippen molar-refractivity contribution >= 4 is 22.3 Å². The topological polar surface area (TPSA) is 42.0 Å². The maximum Gasteiger partial charge on any atom is 0.212 e. The predicted molar refractivity (Wildman–Crippen MR) is 71.0 cm³/mol. The van der Waals surface area contributed by atoms with E-state index in [0.29, 0.717) is 11.3 Å². The minimum Gasteiger partial charge on any atom is -0.365 e. The van der Waals surface area contributed by atoms with Crippen LogP contribution in [0.25, 0.3) is 0 Å². The molecule has 0 aliphatic heterocycles. The van der Waals surface area contributed by atoms with E-state index >= 15 is 0 Å². The molecule has 0 amide bonds. The van der Waals surface area contributed by atoms with E-state index in [0.717, 1.165) is 10.7 Å². The highest BCUT2D eigenvalue weighted by Crippen LogP contribution is 2.19. The van der Waals surface area contributed by atoms with Crippen molar-refractivity contribution in [1.29, 1.82) is 0 Å². The molecule has 1 aromatic heterocycles. The first-order valence-corrected chi connectivity index (χ1v) is 6.25. The molecule has 0 aliphatic rings. The van der Waals surface area contributed by atoms with E-state index in [4.69, 9.17) is 0 Å². The molecular weight excluding hydrogens is 232 g/mol. The van der Waals surface area contributed by atoms with Gasteiger partial charge in [-0.05, 0) is 31.0 Å². The molecule has 2 aromatic rings. The second-order valence-corrected chi connectivity index (χ2v) is 4.77. The lowest BCUT2D eigenvalue weighted by Gasteiger charge is -2.02. The van der Waals surface area contributed by atoms with Crippen LogP contribution in [0.3, 0.4) is 0 Å². The number of carbonyl (C=O) groups is 1. The predicted octanol–water partition coefficient (Wildman–Crippen LogP) is 3.03. The molecule has 1 aromatic carbocycles. The summed E-state index contributed by atoms with van der Waals surface area (Å²) in [5, 5.41) is 5.47. The Labute approximate surface area is 105 Å². The minimum absolute atomic E-state index is 0.0224. The van der Waals surface area contributed by atoms with Crippen LogP contribution in [0.2, 0.25) is 0 Å². The Balaban J connectivity index is 2.33. The summed E-state index contributed by atoms with van der Waals surface area (Å²) in [6, 6.07) is 5.73. The van der Waals surface area contributed by atoms with E-state index < -0.39 is 0 Å². The summed E-state index contributed by atoms with van der Waals surface area (Å²) in [6.07, 6.45) is 0. The number of hydrogen-bond donors (Lipinski definition) is 1. The van der Waals surface area contributed by atoms with Gasteiger partial charge in [-0.3, -0.25) is 4.79 Å². The third kappa shape index (κ3) is 2.36. The number of nitrogens with zero attached hydrogens (tertiary/aromatic N) is 1. The van der Waals surface area contributed by atoms with Gasteiger partial charge in [-0.15, -0.1) is 11.3 Å². The van der Waals surface area contributed by atoms with Gasteiger partial charge in [0.05, 0.1) is 0 Å². The molecule has 4 heteroatoms. The zero-order valence-corrected chi connectivity index (χ0v) is 10.9. The average Bonchev–Trinajstić information content (AvgIpc) is 2.80. The molecule has 2 rings (SSSR count). The van der Waals surface area contributed by atoms with Gasteiger partial charge < -0.3 is 5.32 Å². The van der Waals surface area contributed by atoms with Gasteiger partial charge in [0.25, 0.3) is 0 Å². The molecule has 0 fully saturated rings. The Hall–Kier alpha value is -1.68. The minimum atomic E-state index is -0.0224. The Bertz CT molecular complexity index is 560. The number of aromatic nitrogens is 1. The number of carbonyl (C=O) groups excluding carboxylic acids is 1. The molecule has 0 atom stereocenters. The highest BCUT2D eigenvalue weighted by molar-refractivity contribution is 7.13. The number of benzene rings is 1. The van der Waals surface area contributed by atoms with E-state index in [2.05, 4.69) is 10.3 Å². The highest BCUT2D eigenvalue weighted by atomic mass is 32.1. The molecule has 1 N–H and O–H groups in total. The van der Waals surface area contributed by atoms with E-state index in [-0.39, 0.29) is 5.78 Å². The van der Waals surface area contributed by atoms with E-state index in [1.807, 2.05) is 32.0 Å². The Morgan fingerprint density at radius 1 is 1.29 bits per heavy atom. The summed E-state index contributed by atoms with van der Waals surface area (Å²) < 4.78 is 0. The number of rotatable bonds is 3. The van der Waals surface area contributed by atoms with Gasteiger partial charge >= 0.3 is 0 Å². The van der Waals surface area contributed by atoms with E-state index in [1.165, 1.54) is 16.9 Å². The van der Waals surface area contributed by atoms with Gasteiger partial charge in [0.1, 0.15) is 5.69 Å². The lowest BCUT2D eigenvalue weighted by atomic mass is 10.0. The van der Waals surface area contributed by atoms with Gasteiger partial charge in [-0.2, -0.15) is 0 Å². The first-order valence-electron chi connectivity index (χ1n) is 5.37. The smallest absolute Gasteiger partial charge is 0.212 e. The number of ketones is 1. The summed E-state index contributed by atoms with van der Waals surface area (Å²) in [5.41, 5.74) is 3.51. The van der Waals surface area contributed by atoms with Crippen LogP contribution in [0.15, 0.2) is 23.6 Å². The number of nitrogens with one attached hydrogen (secondary N) is 1. The first-order chi connectivity index (χ1) is 8.11. The standard InChI is InChI=1S/C13H14N2OS/c1-8-4-5-10(6-9(8)2)12(16)11-7-17-13(14-3)15-11/h4-7H,1-3H3,(H,14,15). The van der Waals surface area contributed by atoms with Crippen molar-refractivity contribution in [3.8, 4) is 0 Å². The second-order valence-electron chi connectivity index (χ2n) is 3.92. The SMILES string of the molecule is CNc1nc(C(=O)c2ccc(C)c(C)c2)cs1. The maximum absolute atomic E-state index is 12.2. The van der Waals surface area contributed by atoms with Gasteiger partial charge in [0.2, 0.25) is 5.78 Å². The van der Waals surface area contributed by atoms with Crippen molar-refractivity contribution < 1.29 is 4.79 Å². The van der Waals surface area contributed by atoms with Crippen molar-refractivity contribution in [3.63, 3.8) is 0 Å². The molecule has 88 valence electrons. The third-order valence-corrected chi connectivity index (χ3v) is 3.58. The molecule has 0 spiro atoms. The zero-order chi connectivity index (χ0) is 12.4. The summed E-state index contributed by atoms with van der Waals surface area (Å²) in [5.74, 6) is -0.0224. The quantitative estimate of drug-likeness (QED) is 0.846. The number of anilines is 1. The summed E-state index contributed by atoms with van der Waals surface area (Å²) >= 11 is 1.44. The van der Waals surface area contributed by atoms with Crippen LogP contribution in [0.5, 0.6) is 0 Å². The highest BCUT2D eigenvalue weighted by Gasteiger charge is 2.13.